The molecule has 1 aliphatic heterocycles. The minimum atomic E-state index is 0.328. The van der Waals surface area contributed by atoms with E-state index >= 15 is 0 Å². The average Bonchev–Trinajstić information content (AvgIpc) is 2.03. The Morgan fingerprint density at radius 3 is 2.33 bits per heavy atom. The molecular formula is C9H20N2S. The maximum absolute atomic E-state index is 2.53. The molecule has 12 heavy (non-hydrogen) atoms. The summed E-state index contributed by atoms with van der Waals surface area (Å²) in [7, 11) is 0. The molecule has 2 nitrogen and oxygen atoms in total. The SMILES string of the molecule is CSN1CCCN(C(C)(C)C)C1. The summed E-state index contributed by atoms with van der Waals surface area (Å²) in [4.78, 5) is 2.53. The molecule has 0 aliphatic carbocycles. The summed E-state index contributed by atoms with van der Waals surface area (Å²) in [5.41, 5.74) is 0.328. The zero-order chi connectivity index (χ0) is 9.19. The van der Waals surface area contributed by atoms with Crippen LogP contribution in [-0.2, 0) is 0 Å². The molecule has 0 atom stereocenters. The Bertz CT molecular complexity index is 142. The first-order valence-electron chi connectivity index (χ1n) is 4.58. The van der Waals surface area contributed by atoms with Crippen molar-refractivity contribution in [3.05, 3.63) is 0 Å². The second-order valence-electron chi connectivity index (χ2n) is 4.32. The zero-order valence-corrected chi connectivity index (χ0v) is 9.45. The lowest BCUT2D eigenvalue weighted by Gasteiger charge is -2.42. The first kappa shape index (κ1) is 10.4. The third-order valence-electron chi connectivity index (χ3n) is 2.37. The summed E-state index contributed by atoms with van der Waals surface area (Å²) in [6, 6.07) is 0. The van der Waals surface area contributed by atoms with Gasteiger partial charge in [0.15, 0.2) is 0 Å². The molecule has 0 aromatic carbocycles. The van der Waals surface area contributed by atoms with Crippen LogP contribution in [-0.4, -0.2) is 40.8 Å². The minimum Gasteiger partial charge on any atom is -0.285 e. The van der Waals surface area contributed by atoms with Gasteiger partial charge in [0.05, 0.1) is 6.67 Å². The average molecular weight is 188 g/mol. The van der Waals surface area contributed by atoms with E-state index in [9.17, 15) is 0 Å². The summed E-state index contributed by atoms with van der Waals surface area (Å²) < 4.78 is 2.43. The van der Waals surface area contributed by atoms with E-state index in [-0.39, 0.29) is 0 Å². The monoisotopic (exact) mass is 188 g/mol. The van der Waals surface area contributed by atoms with E-state index in [2.05, 4.69) is 36.2 Å². The normalized spacial score (nSPS) is 23.0. The fourth-order valence-electron chi connectivity index (χ4n) is 1.47. The molecule has 1 saturated heterocycles. The molecule has 3 heteroatoms. The van der Waals surface area contributed by atoms with E-state index in [4.69, 9.17) is 0 Å². The Morgan fingerprint density at radius 1 is 1.17 bits per heavy atom. The van der Waals surface area contributed by atoms with Crippen LogP contribution >= 0.6 is 11.9 Å². The Morgan fingerprint density at radius 2 is 1.83 bits per heavy atom. The number of rotatable bonds is 1. The molecule has 1 aliphatic rings. The smallest absolute Gasteiger partial charge is 0.0610 e. The first-order valence-corrected chi connectivity index (χ1v) is 5.76. The summed E-state index contributed by atoms with van der Waals surface area (Å²) in [5.74, 6) is 0. The molecule has 1 fully saturated rings. The Labute approximate surface area is 80.4 Å². The van der Waals surface area contributed by atoms with Crippen LogP contribution in [0, 0.1) is 0 Å². The second kappa shape index (κ2) is 3.99. The molecule has 0 amide bonds. The van der Waals surface area contributed by atoms with Crippen molar-refractivity contribution in [2.24, 2.45) is 0 Å². The van der Waals surface area contributed by atoms with Crippen LogP contribution in [0.1, 0.15) is 27.2 Å². The van der Waals surface area contributed by atoms with Gasteiger partial charge >= 0.3 is 0 Å². The molecule has 72 valence electrons. The molecule has 0 N–H and O–H groups in total. The summed E-state index contributed by atoms with van der Waals surface area (Å²) in [5, 5.41) is 0. The number of hydrogen-bond donors (Lipinski definition) is 0. The predicted octanol–water partition coefficient (Wildman–Crippen LogP) is 2.03. The highest BCUT2D eigenvalue weighted by molar-refractivity contribution is 7.96. The van der Waals surface area contributed by atoms with Gasteiger partial charge in [-0.25, -0.2) is 4.31 Å². The quantitative estimate of drug-likeness (QED) is 0.581. The van der Waals surface area contributed by atoms with E-state index in [1.54, 1.807) is 0 Å². The van der Waals surface area contributed by atoms with Gasteiger partial charge in [0.1, 0.15) is 0 Å². The van der Waals surface area contributed by atoms with Gasteiger partial charge in [0, 0.05) is 18.6 Å². The fraction of sp³-hybridized carbons (Fsp3) is 1.00. The van der Waals surface area contributed by atoms with Crippen molar-refractivity contribution in [1.29, 1.82) is 0 Å². The molecule has 0 unspecified atom stereocenters. The summed E-state index contributed by atoms with van der Waals surface area (Å²) >= 11 is 1.86. The lowest BCUT2D eigenvalue weighted by Crippen LogP contribution is -2.50. The van der Waals surface area contributed by atoms with Gasteiger partial charge in [0.25, 0.3) is 0 Å². The van der Waals surface area contributed by atoms with Crippen molar-refractivity contribution in [2.75, 3.05) is 26.0 Å². The topological polar surface area (TPSA) is 6.48 Å². The fourth-order valence-corrected chi connectivity index (χ4v) is 2.03. The van der Waals surface area contributed by atoms with Gasteiger partial charge in [-0.3, -0.25) is 4.90 Å². The van der Waals surface area contributed by atoms with Crippen molar-refractivity contribution < 1.29 is 0 Å². The number of hydrogen-bond acceptors (Lipinski definition) is 3. The van der Waals surface area contributed by atoms with E-state index < -0.39 is 0 Å². The van der Waals surface area contributed by atoms with Crippen LogP contribution in [0.25, 0.3) is 0 Å². The third kappa shape index (κ3) is 2.64. The van der Waals surface area contributed by atoms with Gasteiger partial charge in [-0.15, -0.1) is 0 Å². The molecule has 0 radical (unpaired) electrons. The Kier molecular flexibility index (Phi) is 3.44. The number of nitrogens with zero attached hydrogens (tertiary/aromatic N) is 2. The largest absolute Gasteiger partial charge is 0.285 e. The summed E-state index contributed by atoms with van der Waals surface area (Å²) in [6.45, 7) is 10.5. The summed E-state index contributed by atoms with van der Waals surface area (Å²) in [6.07, 6.45) is 3.46. The highest BCUT2D eigenvalue weighted by atomic mass is 32.2. The molecule has 0 aromatic heterocycles. The Balaban J connectivity index is 2.46. The third-order valence-corrected chi connectivity index (χ3v) is 3.19. The van der Waals surface area contributed by atoms with E-state index in [1.807, 2.05) is 11.9 Å². The van der Waals surface area contributed by atoms with Crippen LogP contribution in [0.3, 0.4) is 0 Å². The lowest BCUT2D eigenvalue weighted by molar-refractivity contribution is 0.0653. The van der Waals surface area contributed by atoms with Gasteiger partial charge in [-0.1, -0.05) is 11.9 Å². The molecular weight excluding hydrogens is 168 g/mol. The van der Waals surface area contributed by atoms with E-state index in [1.165, 1.54) is 19.5 Å². The highest BCUT2D eigenvalue weighted by Crippen LogP contribution is 2.20. The maximum atomic E-state index is 2.53. The van der Waals surface area contributed by atoms with Gasteiger partial charge in [0.2, 0.25) is 0 Å². The molecule has 0 spiro atoms. The molecule has 1 rings (SSSR count). The second-order valence-corrected chi connectivity index (χ2v) is 5.20. The Hall–Kier alpha value is 0.270. The molecule has 0 aromatic rings. The van der Waals surface area contributed by atoms with Crippen LogP contribution in [0.2, 0.25) is 0 Å². The molecule has 0 bridgehead atoms. The lowest BCUT2D eigenvalue weighted by atomic mass is 10.1. The van der Waals surface area contributed by atoms with Gasteiger partial charge in [-0.05, 0) is 33.4 Å². The van der Waals surface area contributed by atoms with Gasteiger partial charge < -0.3 is 0 Å². The van der Waals surface area contributed by atoms with Crippen LogP contribution < -0.4 is 0 Å². The first-order chi connectivity index (χ1) is 5.54. The van der Waals surface area contributed by atoms with Crippen LogP contribution in [0.4, 0.5) is 0 Å². The minimum absolute atomic E-state index is 0.328. The standard InChI is InChI=1S/C9H20N2S/c1-9(2,3)10-6-5-7-11(8-10)12-4/h5-8H2,1-4H3. The van der Waals surface area contributed by atoms with Crippen molar-refractivity contribution in [1.82, 2.24) is 9.21 Å². The zero-order valence-electron chi connectivity index (χ0n) is 8.63. The van der Waals surface area contributed by atoms with Crippen LogP contribution in [0.15, 0.2) is 0 Å². The maximum Gasteiger partial charge on any atom is 0.0610 e. The molecule has 0 saturated carbocycles. The van der Waals surface area contributed by atoms with Gasteiger partial charge in [-0.2, -0.15) is 0 Å². The van der Waals surface area contributed by atoms with Crippen molar-refractivity contribution in [3.63, 3.8) is 0 Å². The highest BCUT2D eigenvalue weighted by Gasteiger charge is 2.25. The van der Waals surface area contributed by atoms with Crippen molar-refractivity contribution in [2.45, 2.75) is 32.7 Å². The predicted molar refractivity (Wildman–Crippen MR) is 56.2 cm³/mol. The van der Waals surface area contributed by atoms with Crippen molar-refractivity contribution >= 4 is 11.9 Å². The molecule has 1 heterocycles. The van der Waals surface area contributed by atoms with E-state index in [0.717, 1.165) is 6.67 Å². The van der Waals surface area contributed by atoms with Crippen LogP contribution in [0.5, 0.6) is 0 Å². The van der Waals surface area contributed by atoms with E-state index in [0.29, 0.717) is 5.54 Å². The van der Waals surface area contributed by atoms with Crippen molar-refractivity contribution in [3.8, 4) is 0 Å².